The van der Waals surface area contributed by atoms with Gasteiger partial charge in [-0.15, -0.1) is 11.3 Å². The van der Waals surface area contributed by atoms with E-state index in [1.165, 1.54) is 17.8 Å². The topological polar surface area (TPSA) is 59.3 Å². The Hall–Kier alpha value is -2.47. The van der Waals surface area contributed by atoms with E-state index in [0.29, 0.717) is 10.8 Å². The van der Waals surface area contributed by atoms with Gasteiger partial charge in [0.1, 0.15) is 4.83 Å². The summed E-state index contributed by atoms with van der Waals surface area (Å²) in [4.78, 5) is 14.2. The van der Waals surface area contributed by atoms with Crippen LogP contribution >= 0.6 is 11.3 Å². The van der Waals surface area contributed by atoms with Crippen molar-refractivity contribution in [3.05, 3.63) is 47.0 Å². The Bertz CT molecular complexity index is 971. The van der Waals surface area contributed by atoms with Crippen molar-refractivity contribution in [3.63, 3.8) is 0 Å². The van der Waals surface area contributed by atoms with Crippen molar-refractivity contribution in [2.45, 2.75) is 39.5 Å². The van der Waals surface area contributed by atoms with Gasteiger partial charge in [0.2, 0.25) is 0 Å². The van der Waals surface area contributed by atoms with Crippen molar-refractivity contribution in [1.29, 1.82) is 0 Å². The van der Waals surface area contributed by atoms with Crippen LogP contribution in [0.25, 0.3) is 15.9 Å². The molecule has 1 aliphatic carbocycles. The molecule has 0 spiro atoms. The highest BCUT2D eigenvalue weighted by Gasteiger charge is 2.18. The predicted molar refractivity (Wildman–Crippen MR) is 106 cm³/mol. The van der Waals surface area contributed by atoms with Gasteiger partial charge in [-0.1, -0.05) is 25.1 Å². The summed E-state index contributed by atoms with van der Waals surface area (Å²) in [5, 5.41) is 10.0. The first kappa shape index (κ1) is 17.0. The predicted octanol–water partition coefficient (Wildman–Crippen LogP) is 4.69. The van der Waals surface area contributed by atoms with E-state index in [0.717, 1.165) is 46.6 Å². The highest BCUT2D eigenvalue weighted by Crippen LogP contribution is 2.30. The summed E-state index contributed by atoms with van der Waals surface area (Å²) in [6, 6.07) is 11.9. The minimum Gasteiger partial charge on any atom is -0.266 e. The summed E-state index contributed by atoms with van der Waals surface area (Å²) in [6.45, 7) is 4.21. The van der Waals surface area contributed by atoms with Crippen LogP contribution in [0.3, 0.4) is 0 Å². The summed E-state index contributed by atoms with van der Waals surface area (Å²) >= 11 is 1.45. The molecule has 0 radical (unpaired) electrons. The number of aromatic nitrogens is 2. The van der Waals surface area contributed by atoms with Gasteiger partial charge in [-0.2, -0.15) is 10.2 Å². The molecule has 1 N–H and O–H groups in total. The quantitative estimate of drug-likeness (QED) is 0.684. The fraction of sp³-hybridized carbons (Fsp3) is 0.350. The molecule has 5 nitrogen and oxygen atoms in total. The highest BCUT2D eigenvalue weighted by molar-refractivity contribution is 7.20. The molecule has 0 saturated heterocycles. The normalized spacial score (nSPS) is 19.2. The number of nitrogens with one attached hydrogen (secondary N) is 1. The van der Waals surface area contributed by atoms with Gasteiger partial charge in [-0.25, -0.2) is 10.1 Å². The van der Waals surface area contributed by atoms with Crippen LogP contribution in [-0.2, 0) is 0 Å². The number of para-hydroxylation sites is 1. The summed E-state index contributed by atoms with van der Waals surface area (Å²) < 4.78 is 1.90. The van der Waals surface area contributed by atoms with E-state index < -0.39 is 0 Å². The summed E-state index contributed by atoms with van der Waals surface area (Å²) in [5.41, 5.74) is 5.77. The van der Waals surface area contributed by atoms with Gasteiger partial charge in [0.25, 0.3) is 5.91 Å². The fourth-order valence-corrected chi connectivity index (χ4v) is 4.52. The average Bonchev–Trinajstić information content (AvgIpc) is 3.21. The lowest BCUT2D eigenvalue weighted by Gasteiger charge is -2.18. The average molecular weight is 366 g/mol. The number of benzene rings is 1. The molecule has 1 atom stereocenters. The van der Waals surface area contributed by atoms with Crippen molar-refractivity contribution >= 4 is 33.2 Å². The van der Waals surface area contributed by atoms with Crippen LogP contribution in [0.1, 0.15) is 48.0 Å². The molecule has 3 aromatic rings. The standard InChI is InChI=1S/C20H22N4OS/c1-13-7-6-8-15(11-13)21-22-19(25)18-12-17-14(2)23-24(20(17)26-18)16-9-4-3-5-10-16/h3-5,9-10,12-13H,6-8,11H2,1-2H3,(H,22,25)/b21-15+/t13-/m0/s1. The Morgan fingerprint density at radius 2 is 2.15 bits per heavy atom. The Kier molecular flexibility index (Phi) is 4.59. The molecule has 0 unspecified atom stereocenters. The highest BCUT2D eigenvalue weighted by atomic mass is 32.1. The number of fused-ring (bicyclic) bond motifs is 1. The number of hydrazone groups is 1. The van der Waals surface area contributed by atoms with E-state index in [2.05, 4.69) is 22.5 Å². The monoisotopic (exact) mass is 366 g/mol. The molecule has 1 aromatic carbocycles. The summed E-state index contributed by atoms with van der Waals surface area (Å²) in [7, 11) is 0. The molecule has 4 rings (SSSR count). The van der Waals surface area contributed by atoms with Crippen LogP contribution in [-0.4, -0.2) is 21.4 Å². The third-order valence-electron chi connectivity index (χ3n) is 4.83. The molecule has 0 bridgehead atoms. The SMILES string of the molecule is Cc1nn(-c2ccccc2)c2sc(C(=O)N/N=C3\CCC[C@H](C)C3)cc12. The number of rotatable bonds is 3. The van der Waals surface area contributed by atoms with Crippen LogP contribution < -0.4 is 5.43 Å². The largest absolute Gasteiger partial charge is 0.281 e. The lowest BCUT2D eigenvalue weighted by Crippen LogP contribution is -2.21. The first-order valence-electron chi connectivity index (χ1n) is 9.02. The minimum atomic E-state index is -0.143. The number of thiophene rings is 1. The Balaban J connectivity index is 1.59. The van der Waals surface area contributed by atoms with E-state index in [9.17, 15) is 4.79 Å². The molecule has 0 aliphatic heterocycles. The zero-order chi connectivity index (χ0) is 18.1. The molecule has 1 saturated carbocycles. The van der Waals surface area contributed by atoms with E-state index in [4.69, 9.17) is 0 Å². The molecule has 1 amide bonds. The molecule has 1 fully saturated rings. The van der Waals surface area contributed by atoms with Crippen molar-refractivity contribution in [3.8, 4) is 5.69 Å². The summed E-state index contributed by atoms with van der Waals surface area (Å²) in [6.07, 6.45) is 4.37. The van der Waals surface area contributed by atoms with Crippen LogP contribution in [0.2, 0.25) is 0 Å². The van der Waals surface area contributed by atoms with Gasteiger partial charge in [-0.05, 0) is 56.7 Å². The number of amides is 1. The molecule has 2 heterocycles. The number of carbonyl (C=O) groups is 1. The van der Waals surface area contributed by atoms with Crippen LogP contribution in [0, 0.1) is 12.8 Å². The zero-order valence-electron chi connectivity index (χ0n) is 15.0. The Labute approximate surface area is 156 Å². The fourth-order valence-electron chi connectivity index (χ4n) is 3.45. The molecule has 6 heteroatoms. The third-order valence-corrected chi connectivity index (χ3v) is 5.94. The van der Waals surface area contributed by atoms with Crippen LogP contribution in [0.4, 0.5) is 0 Å². The second kappa shape index (κ2) is 7.03. The molecular formula is C20H22N4OS. The van der Waals surface area contributed by atoms with Crippen molar-refractivity contribution in [2.24, 2.45) is 11.0 Å². The minimum absolute atomic E-state index is 0.143. The van der Waals surface area contributed by atoms with E-state index >= 15 is 0 Å². The maximum atomic E-state index is 12.6. The van der Waals surface area contributed by atoms with Gasteiger partial charge in [0.05, 0.1) is 16.3 Å². The van der Waals surface area contributed by atoms with Gasteiger partial charge < -0.3 is 0 Å². The van der Waals surface area contributed by atoms with Crippen LogP contribution in [0.15, 0.2) is 41.5 Å². The first-order chi connectivity index (χ1) is 12.6. The molecular weight excluding hydrogens is 344 g/mol. The van der Waals surface area contributed by atoms with Gasteiger partial charge in [0.15, 0.2) is 0 Å². The van der Waals surface area contributed by atoms with Crippen molar-refractivity contribution in [2.75, 3.05) is 0 Å². The molecule has 134 valence electrons. The van der Waals surface area contributed by atoms with E-state index in [-0.39, 0.29) is 5.91 Å². The molecule has 2 aromatic heterocycles. The number of carbonyl (C=O) groups excluding carboxylic acids is 1. The maximum Gasteiger partial charge on any atom is 0.281 e. The maximum absolute atomic E-state index is 12.6. The zero-order valence-corrected chi connectivity index (χ0v) is 15.8. The Morgan fingerprint density at radius 1 is 1.35 bits per heavy atom. The van der Waals surface area contributed by atoms with E-state index in [1.54, 1.807) is 0 Å². The number of nitrogens with zero attached hydrogens (tertiary/aromatic N) is 3. The molecule has 26 heavy (non-hydrogen) atoms. The van der Waals surface area contributed by atoms with Gasteiger partial charge >= 0.3 is 0 Å². The van der Waals surface area contributed by atoms with Crippen LogP contribution in [0.5, 0.6) is 0 Å². The number of hydrogen-bond donors (Lipinski definition) is 1. The van der Waals surface area contributed by atoms with Gasteiger partial charge in [0, 0.05) is 11.1 Å². The Morgan fingerprint density at radius 3 is 2.92 bits per heavy atom. The van der Waals surface area contributed by atoms with Crippen molar-refractivity contribution < 1.29 is 4.79 Å². The summed E-state index contributed by atoms with van der Waals surface area (Å²) in [5.74, 6) is 0.513. The van der Waals surface area contributed by atoms with Gasteiger partial charge in [-0.3, -0.25) is 4.79 Å². The lowest BCUT2D eigenvalue weighted by atomic mass is 9.89. The second-order valence-electron chi connectivity index (χ2n) is 6.98. The van der Waals surface area contributed by atoms with E-state index in [1.807, 2.05) is 48.0 Å². The lowest BCUT2D eigenvalue weighted by molar-refractivity contribution is 0.0958. The third kappa shape index (κ3) is 3.29. The smallest absolute Gasteiger partial charge is 0.266 e. The first-order valence-corrected chi connectivity index (χ1v) is 9.84. The second-order valence-corrected chi connectivity index (χ2v) is 8.01. The van der Waals surface area contributed by atoms with Crippen molar-refractivity contribution in [1.82, 2.24) is 15.2 Å². The number of aryl methyl sites for hydroxylation is 1. The number of hydrogen-bond acceptors (Lipinski definition) is 4. The molecule has 1 aliphatic rings.